The van der Waals surface area contributed by atoms with Crippen molar-refractivity contribution in [3.63, 3.8) is 0 Å². The van der Waals surface area contributed by atoms with Crippen LogP contribution in [0.3, 0.4) is 0 Å². The summed E-state index contributed by atoms with van der Waals surface area (Å²) in [4.78, 5) is 53.2. The van der Waals surface area contributed by atoms with Crippen LogP contribution in [0, 0.1) is 35.5 Å². The molecule has 0 spiro atoms. The number of unbranched alkanes of at least 4 members (excludes halogenated alkanes) is 10. The molecule has 1 fully saturated rings. The Hall–Kier alpha value is -2.29. The number of hydrogen-bond donors (Lipinski definition) is 4. The summed E-state index contributed by atoms with van der Waals surface area (Å²) in [6.45, 7) is 14.3. The Morgan fingerprint density at radius 2 is 1.30 bits per heavy atom. The molecule has 13 nitrogen and oxygen atoms in total. The minimum absolute atomic E-state index is 0.116. The van der Waals surface area contributed by atoms with E-state index in [4.69, 9.17) is 10.5 Å². The predicted molar refractivity (Wildman–Crippen MR) is 240 cm³/mol. The summed E-state index contributed by atoms with van der Waals surface area (Å²) in [5.41, 5.74) is 4.31. The summed E-state index contributed by atoms with van der Waals surface area (Å²) >= 11 is 0. The Morgan fingerprint density at radius 3 is 1.75 bits per heavy atom. The van der Waals surface area contributed by atoms with Crippen molar-refractivity contribution in [1.82, 2.24) is 5.32 Å². The number of nitrogens with zero attached hydrogens (tertiary/aromatic N) is 2. The number of carbonyl (C=O) groups is 4. The molecule has 1 aliphatic rings. The molecule has 0 aliphatic heterocycles. The van der Waals surface area contributed by atoms with Crippen LogP contribution < -0.4 is 11.1 Å². The Balaban J connectivity index is 3.38. The molecule has 0 aromatic heterocycles. The van der Waals surface area contributed by atoms with E-state index in [1.165, 1.54) is 78.1 Å². The van der Waals surface area contributed by atoms with E-state index in [-0.39, 0.29) is 37.2 Å². The maximum Gasteiger partial charge on any atom is 0.309 e. The Bertz CT molecular complexity index is 1370. The highest BCUT2D eigenvalue weighted by molar-refractivity contribution is 7.85. The van der Waals surface area contributed by atoms with Crippen LogP contribution in [-0.4, -0.2) is 123 Å². The zero-order valence-electron chi connectivity index (χ0n) is 39.6. The van der Waals surface area contributed by atoms with Crippen LogP contribution in [0.5, 0.6) is 0 Å². The van der Waals surface area contributed by atoms with Gasteiger partial charge in [0, 0.05) is 11.8 Å². The molecule has 1 rings (SSSR count). The number of aliphatic carboxylic acids is 1. The van der Waals surface area contributed by atoms with Crippen LogP contribution >= 0.6 is 0 Å². The van der Waals surface area contributed by atoms with E-state index in [9.17, 15) is 37.3 Å². The number of rotatable bonds is 34. The van der Waals surface area contributed by atoms with Gasteiger partial charge in [-0.2, -0.15) is 8.42 Å². The number of esters is 1. The predicted octanol–water partition coefficient (Wildman–Crippen LogP) is 7.61. The summed E-state index contributed by atoms with van der Waals surface area (Å²) in [7, 11) is 4.38. The Labute approximate surface area is 365 Å². The fraction of sp³-hybridized carbons (Fsp3) is 0.913. The first-order valence-corrected chi connectivity index (χ1v) is 25.1. The van der Waals surface area contributed by atoms with Crippen molar-refractivity contribution >= 4 is 33.9 Å². The second-order valence-corrected chi connectivity index (χ2v) is 21.9. The summed E-state index contributed by atoms with van der Waals surface area (Å²) < 4.78 is 41.2. The zero-order valence-corrected chi connectivity index (χ0v) is 40.5. The van der Waals surface area contributed by atoms with Gasteiger partial charge >= 0.3 is 11.9 Å². The number of primary amides is 1. The van der Waals surface area contributed by atoms with E-state index in [0.717, 1.165) is 32.4 Å². The first kappa shape index (κ1) is 55.7. The summed E-state index contributed by atoms with van der Waals surface area (Å²) in [5.74, 6) is -6.45. The van der Waals surface area contributed by atoms with Crippen molar-refractivity contribution in [2.24, 2.45) is 41.2 Å². The number of carbonyl (C=O) groups excluding carboxylic acids is 3. The maximum atomic E-state index is 14.2. The third kappa shape index (κ3) is 23.2. The molecule has 0 bridgehead atoms. The smallest absolute Gasteiger partial charge is 0.309 e. The van der Waals surface area contributed by atoms with Crippen LogP contribution in [-0.2, 0) is 34.0 Å². The molecular weight excluding hydrogens is 785 g/mol. The number of quaternary nitrogens is 2. The quantitative estimate of drug-likeness (QED) is 0.0218. The van der Waals surface area contributed by atoms with Crippen LogP contribution in [0.1, 0.15) is 164 Å². The van der Waals surface area contributed by atoms with Gasteiger partial charge in [0.25, 0.3) is 10.1 Å². The van der Waals surface area contributed by atoms with E-state index >= 15 is 0 Å². The monoisotopic (exact) mass is 875 g/mol. The lowest BCUT2D eigenvalue weighted by molar-refractivity contribution is -0.914. The summed E-state index contributed by atoms with van der Waals surface area (Å²) in [5, 5.41) is 13.2. The highest BCUT2D eigenvalue weighted by Gasteiger charge is 2.42. The highest BCUT2D eigenvalue weighted by Crippen LogP contribution is 2.44. The lowest BCUT2D eigenvalue weighted by Gasteiger charge is -2.38. The average molecular weight is 875 g/mol. The maximum absolute atomic E-state index is 14.2. The van der Waals surface area contributed by atoms with Crippen molar-refractivity contribution < 1.29 is 51.0 Å². The minimum Gasteiger partial charge on any atom is -0.481 e. The lowest BCUT2D eigenvalue weighted by Crippen LogP contribution is -2.54. The van der Waals surface area contributed by atoms with E-state index in [2.05, 4.69) is 47.4 Å². The van der Waals surface area contributed by atoms with Crippen LogP contribution in [0.15, 0.2) is 0 Å². The van der Waals surface area contributed by atoms with Crippen molar-refractivity contribution in [2.45, 2.75) is 175 Å². The molecule has 14 heteroatoms. The van der Waals surface area contributed by atoms with E-state index in [0.29, 0.717) is 41.3 Å². The van der Waals surface area contributed by atoms with E-state index < -0.39 is 68.8 Å². The number of amides is 2. The molecule has 0 aromatic carbocycles. The topological polar surface area (TPSA) is 190 Å². The number of nitrogens with one attached hydrogen (secondary N) is 1. The normalized spacial score (nSPS) is 18.5. The van der Waals surface area contributed by atoms with Crippen molar-refractivity contribution in [1.29, 1.82) is 0 Å². The van der Waals surface area contributed by atoms with Crippen molar-refractivity contribution in [2.75, 3.05) is 60.1 Å². The largest absolute Gasteiger partial charge is 0.481 e. The first-order valence-electron chi connectivity index (χ1n) is 23.5. The lowest BCUT2D eigenvalue weighted by atomic mass is 9.74. The second kappa shape index (κ2) is 27.0. The summed E-state index contributed by atoms with van der Waals surface area (Å²) in [6, 6.07) is 0. The molecule has 2 amide bonds. The van der Waals surface area contributed by atoms with Gasteiger partial charge in [0.15, 0.2) is 6.10 Å². The molecule has 60 heavy (non-hydrogen) atoms. The van der Waals surface area contributed by atoms with Gasteiger partial charge in [-0.05, 0) is 83.5 Å². The van der Waals surface area contributed by atoms with Gasteiger partial charge in [-0.3, -0.25) is 23.7 Å². The second-order valence-electron chi connectivity index (χ2n) is 20.5. The zero-order chi connectivity index (χ0) is 45.7. The number of ether oxygens (including phenoxy) is 1. The van der Waals surface area contributed by atoms with Gasteiger partial charge in [-0.15, -0.1) is 0 Å². The number of nitrogens with two attached hydrogens (primary N) is 1. The fourth-order valence-corrected chi connectivity index (χ4v) is 10.6. The molecule has 0 aromatic rings. The van der Waals surface area contributed by atoms with Crippen LogP contribution in [0.4, 0.5) is 0 Å². The SMILES string of the molecule is CCCCCCCC[N+](C)(C)CC(C[N+](C)(C)CCCCCCCC)OC(=O)C(C)CC(CC1CCCC1C(CC(CC)C(N)=O)C(=O)O)C(=O)NC(C)(C)CS(=O)(=O)O. The number of hydrogen-bond acceptors (Lipinski definition) is 7. The van der Waals surface area contributed by atoms with Gasteiger partial charge in [0.05, 0.1) is 64.4 Å². The van der Waals surface area contributed by atoms with Gasteiger partial charge in [0.2, 0.25) is 11.8 Å². The minimum atomic E-state index is -4.42. The summed E-state index contributed by atoms with van der Waals surface area (Å²) in [6.07, 6.45) is 17.0. The standard InChI is InChI=1S/C46H88N4O9S/c1-11-14-16-18-20-22-27-49(7,8)32-39(33-50(9,10)28-23-21-19-17-15-12-2)59-45(55)35(4)29-38(43(52)48-46(5,6)34-60(56,57)58)30-37-25-24-26-40(37)41(44(53)54)31-36(13-3)42(47)51/h35-41H,11-34H2,1-10H3,(H3-2,47,48,51,52,53,54,56,57,58)/p+2. The van der Waals surface area contributed by atoms with Crippen LogP contribution in [0.25, 0.3) is 0 Å². The highest BCUT2D eigenvalue weighted by atomic mass is 32.2. The third-order valence-electron chi connectivity index (χ3n) is 12.9. The molecule has 6 unspecified atom stereocenters. The molecule has 0 heterocycles. The Morgan fingerprint density at radius 1 is 0.800 bits per heavy atom. The molecule has 6 atom stereocenters. The van der Waals surface area contributed by atoms with Crippen molar-refractivity contribution in [3.05, 3.63) is 0 Å². The third-order valence-corrected chi connectivity index (χ3v) is 14.0. The number of carboxylic acid groups (broad SMARTS) is 1. The van der Waals surface area contributed by atoms with Gasteiger partial charge in [0.1, 0.15) is 13.1 Å². The molecule has 5 N–H and O–H groups in total. The molecule has 1 aliphatic carbocycles. The van der Waals surface area contributed by atoms with Crippen LogP contribution in [0.2, 0.25) is 0 Å². The van der Waals surface area contributed by atoms with Gasteiger partial charge in [-0.25, -0.2) is 0 Å². The van der Waals surface area contributed by atoms with E-state index in [1.807, 2.05) is 6.92 Å². The van der Waals surface area contributed by atoms with Crippen molar-refractivity contribution in [3.8, 4) is 0 Å². The molecule has 1 saturated carbocycles. The van der Waals surface area contributed by atoms with Gasteiger partial charge in [-0.1, -0.05) is 91.9 Å². The van der Waals surface area contributed by atoms with E-state index in [1.54, 1.807) is 6.92 Å². The number of likely N-dealkylation sites (N-methyl/N-ethyl adjacent to an activating group) is 2. The molecule has 0 saturated heterocycles. The average Bonchev–Trinajstić information content (AvgIpc) is 3.56. The Kier molecular flexibility index (Phi) is 25.1. The number of carboxylic acids is 1. The fourth-order valence-electron chi connectivity index (χ4n) is 9.60. The van der Waals surface area contributed by atoms with Gasteiger partial charge < -0.3 is 29.9 Å². The molecule has 352 valence electrons. The molecule has 0 radical (unpaired) electrons. The first-order chi connectivity index (χ1) is 27.9. The molecular formula is C46H90N4O9S+2.